The van der Waals surface area contributed by atoms with Gasteiger partial charge in [0, 0.05) is 6.42 Å². The monoisotopic (exact) mass is 1530 g/mol. The minimum Gasteiger partial charge on any atom is -0.394 e. The van der Waals surface area contributed by atoms with Crippen LogP contribution in [-0.2, 0) is 33.2 Å². The number of amides is 1. The molecule has 0 spiro atoms. The molecule has 109 heavy (non-hydrogen) atoms. The van der Waals surface area contributed by atoms with Crippen LogP contribution < -0.4 is 5.32 Å². The molecule has 3 rings (SSSR count). The predicted octanol–water partition coefficient (Wildman–Crippen LogP) is 15.4. The summed E-state index contributed by atoms with van der Waals surface area (Å²) in [5.41, 5.74) is 0. The smallest absolute Gasteiger partial charge is 0.220 e. The maximum atomic E-state index is 13.5. The van der Waals surface area contributed by atoms with Crippen molar-refractivity contribution in [2.75, 3.05) is 26.4 Å². The van der Waals surface area contributed by atoms with Crippen molar-refractivity contribution < 1.29 is 89.4 Å². The Balaban J connectivity index is 1.39. The molecular weight excluding hydrogens is 1380 g/mol. The molecule has 0 aromatic heterocycles. The van der Waals surface area contributed by atoms with Crippen molar-refractivity contribution in [3.63, 3.8) is 0 Å². The maximum absolute atomic E-state index is 13.5. The molecule has 624 valence electrons. The van der Waals surface area contributed by atoms with Crippen LogP contribution in [0.5, 0.6) is 0 Å². The summed E-state index contributed by atoms with van der Waals surface area (Å²) >= 11 is 0. The second kappa shape index (κ2) is 68.1. The van der Waals surface area contributed by atoms with Crippen molar-refractivity contribution >= 4 is 5.91 Å². The van der Waals surface area contributed by atoms with Gasteiger partial charge in [-0.15, -0.1) is 0 Å². The Morgan fingerprint density at radius 2 is 0.642 bits per heavy atom. The largest absolute Gasteiger partial charge is 0.394 e. The van der Waals surface area contributed by atoms with Crippen LogP contribution in [0.1, 0.15) is 284 Å². The zero-order chi connectivity index (χ0) is 78.8. The zero-order valence-corrected chi connectivity index (χ0v) is 67.0. The Bertz CT molecular complexity index is 2540. The molecule has 3 fully saturated rings. The van der Waals surface area contributed by atoms with Crippen LogP contribution in [0.2, 0.25) is 0 Å². The molecular formula is C90H151NO18. The van der Waals surface area contributed by atoms with Gasteiger partial charge in [-0.2, -0.15) is 0 Å². The fourth-order valence-electron chi connectivity index (χ4n) is 13.3. The first-order chi connectivity index (χ1) is 53.3. The molecule has 0 bridgehead atoms. The molecule has 1 amide bonds. The molecule has 17 unspecified atom stereocenters. The van der Waals surface area contributed by atoms with Crippen LogP contribution in [0.3, 0.4) is 0 Å². The van der Waals surface area contributed by atoms with E-state index < -0.39 is 124 Å². The molecule has 0 aliphatic carbocycles. The lowest BCUT2D eigenvalue weighted by Gasteiger charge is -2.48. The molecule has 19 nitrogen and oxygen atoms in total. The first-order valence-electron chi connectivity index (χ1n) is 42.6. The van der Waals surface area contributed by atoms with Crippen molar-refractivity contribution in [2.24, 2.45) is 0 Å². The van der Waals surface area contributed by atoms with Crippen molar-refractivity contribution in [3.05, 3.63) is 146 Å². The van der Waals surface area contributed by atoms with E-state index in [1.165, 1.54) is 122 Å². The summed E-state index contributed by atoms with van der Waals surface area (Å²) < 4.78 is 34.4. The van der Waals surface area contributed by atoms with E-state index in [0.717, 1.165) is 128 Å². The van der Waals surface area contributed by atoms with Gasteiger partial charge in [-0.05, 0) is 116 Å². The van der Waals surface area contributed by atoms with Gasteiger partial charge in [-0.1, -0.05) is 307 Å². The second-order valence-corrected chi connectivity index (χ2v) is 29.5. The second-order valence-electron chi connectivity index (χ2n) is 29.5. The van der Waals surface area contributed by atoms with E-state index >= 15 is 0 Å². The van der Waals surface area contributed by atoms with Crippen molar-refractivity contribution in [3.8, 4) is 0 Å². The number of hydrogen-bond donors (Lipinski definition) is 12. The molecule has 0 aromatic carbocycles. The lowest BCUT2D eigenvalue weighted by Crippen LogP contribution is -2.66. The molecule has 3 aliphatic heterocycles. The summed E-state index contributed by atoms with van der Waals surface area (Å²) in [5.74, 6) is -0.305. The van der Waals surface area contributed by atoms with Crippen molar-refractivity contribution in [1.82, 2.24) is 5.32 Å². The third-order valence-electron chi connectivity index (χ3n) is 20.1. The van der Waals surface area contributed by atoms with Crippen LogP contribution >= 0.6 is 0 Å². The Labute approximate surface area is 657 Å². The summed E-state index contributed by atoms with van der Waals surface area (Å²) in [6.07, 6.45) is 72.6. The zero-order valence-electron chi connectivity index (χ0n) is 67.0. The van der Waals surface area contributed by atoms with Gasteiger partial charge >= 0.3 is 0 Å². The normalized spacial score (nSPS) is 26.0. The Morgan fingerprint density at radius 3 is 1.03 bits per heavy atom. The lowest BCUT2D eigenvalue weighted by atomic mass is 9.96. The summed E-state index contributed by atoms with van der Waals surface area (Å²) in [5, 5.41) is 121. The maximum Gasteiger partial charge on any atom is 0.220 e. The molecule has 3 heterocycles. The van der Waals surface area contributed by atoms with Gasteiger partial charge in [0.15, 0.2) is 18.9 Å². The molecule has 0 aromatic rings. The minimum atomic E-state index is -1.99. The fourth-order valence-corrected chi connectivity index (χ4v) is 13.3. The minimum absolute atomic E-state index is 0.209. The highest BCUT2D eigenvalue weighted by Crippen LogP contribution is 2.33. The van der Waals surface area contributed by atoms with Crippen LogP contribution in [0.25, 0.3) is 0 Å². The third kappa shape index (κ3) is 47.2. The molecule has 17 atom stereocenters. The summed E-state index contributed by atoms with van der Waals surface area (Å²) in [7, 11) is 0. The van der Waals surface area contributed by atoms with E-state index in [0.29, 0.717) is 12.8 Å². The van der Waals surface area contributed by atoms with E-state index in [2.05, 4.69) is 153 Å². The fraction of sp³-hybridized carbons (Fsp3) is 0.722. The average Bonchev–Trinajstić information content (AvgIpc) is 0.749. The van der Waals surface area contributed by atoms with Gasteiger partial charge in [0.25, 0.3) is 0 Å². The Morgan fingerprint density at radius 1 is 0.339 bits per heavy atom. The first kappa shape index (κ1) is 98.9. The van der Waals surface area contributed by atoms with E-state index in [4.69, 9.17) is 28.4 Å². The molecule has 0 radical (unpaired) electrons. The lowest BCUT2D eigenvalue weighted by molar-refractivity contribution is -0.379. The van der Waals surface area contributed by atoms with E-state index in [9.17, 15) is 61.0 Å². The third-order valence-corrected chi connectivity index (χ3v) is 20.1. The van der Waals surface area contributed by atoms with Crippen LogP contribution in [0.4, 0.5) is 0 Å². The highest BCUT2D eigenvalue weighted by molar-refractivity contribution is 5.76. The first-order valence-corrected chi connectivity index (χ1v) is 42.6. The molecule has 3 saturated heterocycles. The number of carbonyl (C=O) groups is 1. The number of ether oxygens (including phenoxy) is 6. The number of aliphatic hydroxyl groups excluding tert-OH is 11. The topological polar surface area (TPSA) is 307 Å². The standard InChI is InChI=1S/C90H151NO18/c1-3-5-7-9-11-13-15-17-19-21-23-25-27-29-31-33-34-35-36-37-38-40-42-44-46-48-50-52-54-56-58-60-62-64-66-68-78(96)91-73(74(95)67-65-63-61-59-57-55-53-51-49-47-45-43-41-39-32-30-28-26-24-22-20-18-16-14-12-10-8-6-4-2)72-104-88-84(102)81(99)86(76(70-93)106-88)109-90-85(103)82(100)87(77(71-94)107-90)108-89-83(101)80(98)79(97)75(69-92)105-89/h5,7,11,13,17,19,23,25,29,31,34-35,37-38,42,44,48-51,57,59,65,67,73-77,79-90,92-95,97-103H,3-4,6,8-10,12,14-16,18,20-22,24,26-28,30,32-33,36,39-41,43,45-47,52-56,58,60-64,66,68-72H2,1-2H3,(H,91,96)/b7-5-,13-11-,19-17-,25-23-,31-29-,35-34-,38-37-,44-42-,50-48-,51-49+,59-57+,67-65+. The number of nitrogens with one attached hydrogen (secondary N) is 1. The van der Waals surface area contributed by atoms with Crippen LogP contribution in [0.15, 0.2) is 146 Å². The molecule has 12 N–H and O–H groups in total. The highest BCUT2D eigenvalue weighted by atomic mass is 16.8. The van der Waals surface area contributed by atoms with Crippen LogP contribution in [0, 0.1) is 0 Å². The van der Waals surface area contributed by atoms with Gasteiger partial charge in [0.1, 0.15) is 73.2 Å². The summed E-state index contributed by atoms with van der Waals surface area (Å²) in [4.78, 5) is 13.5. The number of carbonyl (C=O) groups excluding carboxylic acids is 1. The highest BCUT2D eigenvalue weighted by Gasteiger charge is 2.54. The van der Waals surface area contributed by atoms with Gasteiger partial charge in [0.05, 0.1) is 38.6 Å². The quantitative estimate of drug-likeness (QED) is 0.0199. The molecule has 19 heteroatoms. The van der Waals surface area contributed by atoms with E-state index in [-0.39, 0.29) is 18.9 Å². The van der Waals surface area contributed by atoms with Crippen molar-refractivity contribution in [1.29, 1.82) is 0 Å². The van der Waals surface area contributed by atoms with Crippen LogP contribution in [-0.4, -0.2) is 193 Å². The molecule has 3 aliphatic rings. The van der Waals surface area contributed by atoms with Gasteiger partial charge in [-0.3, -0.25) is 4.79 Å². The summed E-state index contributed by atoms with van der Waals surface area (Å²) in [6.45, 7) is 1.60. The van der Waals surface area contributed by atoms with Gasteiger partial charge < -0.3 is 89.9 Å². The van der Waals surface area contributed by atoms with Gasteiger partial charge in [-0.25, -0.2) is 0 Å². The number of allylic oxidation sites excluding steroid dienone is 23. The molecule has 0 saturated carbocycles. The van der Waals surface area contributed by atoms with Gasteiger partial charge in [0.2, 0.25) is 5.91 Å². The Kier molecular flexibility index (Phi) is 61.8. The Hall–Kier alpha value is -4.33. The summed E-state index contributed by atoms with van der Waals surface area (Å²) in [6, 6.07) is -1.02. The SMILES string of the molecule is CC/C=C\C/C=C\C/C=C\C/C=C\C/C=C\C/C=C\C/C=C\C/C=C\C/C=C\CCCCCCCCCC(=O)NC(COC1OC(CO)C(OC2OC(CO)C(OC3OC(CO)C(O)C(O)C3O)C(O)C2O)C(O)C1O)C(O)/C=C/CC/C=C/CC/C=C/CCCCCCCCCCCCCCCCCCCCC. The van der Waals surface area contributed by atoms with E-state index in [1.54, 1.807) is 6.08 Å². The predicted molar refractivity (Wildman–Crippen MR) is 438 cm³/mol. The number of rotatable bonds is 66. The van der Waals surface area contributed by atoms with E-state index in [1.807, 2.05) is 6.08 Å². The number of hydrogen-bond acceptors (Lipinski definition) is 18. The number of aliphatic hydroxyl groups is 11. The number of unbranched alkanes of at least 4 members (excludes halogenated alkanes) is 28. The van der Waals surface area contributed by atoms with Crippen molar-refractivity contribution in [2.45, 2.75) is 388 Å². The average molecular weight is 1540 g/mol.